The summed E-state index contributed by atoms with van der Waals surface area (Å²) in [5.41, 5.74) is -0.644. The number of esters is 4. The topological polar surface area (TPSA) is 227 Å². The first-order valence-electron chi connectivity index (χ1n) is 13.9. The number of amides is 1. The molecule has 246 valence electrons. The number of fused-ring (bicyclic) bond motifs is 1. The van der Waals surface area contributed by atoms with Gasteiger partial charge in [0.15, 0.2) is 19.8 Å². The quantitative estimate of drug-likeness (QED) is 0.0490. The average molecular weight is 637 g/mol. The summed E-state index contributed by atoms with van der Waals surface area (Å²) in [4.78, 5) is 74.3. The number of carbonyl (C=O) groups is 5. The monoisotopic (exact) mass is 636 g/mol. The molecule has 16 nitrogen and oxygen atoms in total. The SMILES string of the molecule is CC(C(=O)OCC(=O)NC(C)(CO)CO)c1ccc2cc(OC(=O)COC(=O)COC(=O)CCCCCO[N+](=O)[O-])ccc2c1. The standard InChI is InChI=1S/C29H36N2O14/c1-19(28(38)43-14-24(34)30-29(2,17-32)18-33)20-7-8-22-13-23(10-9-21(22)12-20)45-27(37)16-42-26(36)15-41-25(35)6-4-3-5-11-44-31(39)40/h7-10,12-13,19,32-33H,3-6,11,14-18H2,1-2H3,(H,30,34). The molecule has 0 radical (unpaired) electrons. The van der Waals surface area contributed by atoms with E-state index in [0.29, 0.717) is 35.6 Å². The summed E-state index contributed by atoms with van der Waals surface area (Å²) in [6.07, 6.45) is 1.26. The van der Waals surface area contributed by atoms with Gasteiger partial charge in [-0.2, -0.15) is 0 Å². The maximum Gasteiger partial charge on any atom is 0.349 e. The van der Waals surface area contributed by atoms with Gasteiger partial charge in [-0.05, 0) is 55.2 Å². The molecule has 0 aliphatic rings. The van der Waals surface area contributed by atoms with Crippen LogP contribution in [0.25, 0.3) is 10.8 Å². The lowest BCUT2D eigenvalue weighted by atomic mass is 9.98. The fourth-order valence-electron chi connectivity index (χ4n) is 3.72. The van der Waals surface area contributed by atoms with Gasteiger partial charge in [-0.25, -0.2) is 9.59 Å². The first-order chi connectivity index (χ1) is 21.4. The van der Waals surface area contributed by atoms with E-state index in [1.807, 2.05) is 0 Å². The summed E-state index contributed by atoms with van der Waals surface area (Å²) in [6, 6.07) is 9.82. The Kier molecular flexibility index (Phi) is 14.6. The molecule has 0 saturated carbocycles. The van der Waals surface area contributed by atoms with Crippen LogP contribution in [0.4, 0.5) is 0 Å². The van der Waals surface area contributed by atoms with Crippen LogP contribution in [0.5, 0.6) is 5.75 Å². The molecule has 0 heterocycles. The molecule has 0 aliphatic carbocycles. The average Bonchev–Trinajstić information content (AvgIpc) is 3.02. The molecule has 0 fully saturated rings. The highest BCUT2D eigenvalue weighted by molar-refractivity contribution is 5.88. The van der Waals surface area contributed by atoms with E-state index < -0.39 is 79.4 Å². The van der Waals surface area contributed by atoms with E-state index in [-0.39, 0.29) is 18.8 Å². The molecular weight excluding hydrogens is 600 g/mol. The van der Waals surface area contributed by atoms with Crippen LogP contribution in [-0.4, -0.2) is 90.3 Å². The fourth-order valence-corrected chi connectivity index (χ4v) is 3.72. The number of aliphatic hydroxyl groups excluding tert-OH is 2. The van der Waals surface area contributed by atoms with Gasteiger partial charge in [0.25, 0.3) is 11.0 Å². The van der Waals surface area contributed by atoms with Crippen LogP contribution in [0.15, 0.2) is 36.4 Å². The number of rotatable bonds is 19. The third-order valence-electron chi connectivity index (χ3n) is 6.33. The number of benzene rings is 2. The van der Waals surface area contributed by atoms with Crippen molar-refractivity contribution < 1.29 is 63.1 Å². The Morgan fingerprint density at radius 3 is 2.20 bits per heavy atom. The van der Waals surface area contributed by atoms with Gasteiger partial charge < -0.3 is 39.3 Å². The Hall–Kier alpha value is -4.83. The molecule has 1 unspecified atom stereocenters. The third kappa shape index (κ3) is 13.1. The number of nitrogens with one attached hydrogen (secondary N) is 1. The number of nitrogens with zero attached hydrogens (tertiary/aromatic N) is 1. The molecule has 3 N–H and O–H groups in total. The number of ether oxygens (including phenoxy) is 4. The summed E-state index contributed by atoms with van der Waals surface area (Å²) < 4.78 is 19.8. The highest BCUT2D eigenvalue weighted by atomic mass is 16.9. The smallest absolute Gasteiger partial charge is 0.349 e. The normalized spacial score (nSPS) is 11.6. The molecule has 45 heavy (non-hydrogen) atoms. The van der Waals surface area contributed by atoms with E-state index >= 15 is 0 Å². The largest absolute Gasteiger partial charge is 0.455 e. The molecule has 2 aromatic carbocycles. The molecule has 0 saturated heterocycles. The first-order valence-corrected chi connectivity index (χ1v) is 13.9. The van der Waals surface area contributed by atoms with Crippen LogP contribution in [0.1, 0.15) is 51.0 Å². The molecule has 0 aliphatic heterocycles. The Bertz CT molecular complexity index is 1360. The van der Waals surface area contributed by atoms with Gasteiger partial charge in [0.2, 0.25) is 0 Å². The Balaban J connectivity index is 1.77. The predicted octanol–water partition coefficient (Wildman–Crippen LogP) is 1.11. The molecule has 0 spiro atoms. The Morgan fingerprint density at radius 1 is 0.867 bits per heavy atom. The molecule has 1 atom stereocenters. The molecule has 2 aromatic rings. The Morgan fingerprint density at radius 2 is 1.51 bits per heavy atom. The van der Waals surface area contributed by atoms with Crippen molar-refractivity contribution in [1.82, 2.24) is 5.32 Å². The molecule has 2 rings (SSSR count). The molecule has 16 heteroatoms. The van der Waals surface area contributed by atoms with Crippen LogP contribution in [0, 0.1) is 10.1 Å². The van der Waals surface area contributed by atoms with Crippen LogP contribution in [0.2, 0.25) is 0 Å². The fraction of sp³-hybridized carbons (Fsp3) is 0.483. The zero-order valence-corrected chi connectivity index (χ0v) is 24.9. The zero-order chi connectivity index (χ0) is 33.4. The van der Waals surface area contributed by atoms with Gasteiger partial charge in [0, 0.05) is 6.42 Å². The van der Waals surface area contributed by atoms with Crippen molar-refractivity contribution in [1.29, 1.82) is 0 Å². The second-order valence-corrected chi connectivity index (χ2v) is 10.2. The van der Waals surface area contributed by atoms with Gasteiger partial charge in [-0.3, -0.25) is 14.4 Å². The number of carbonyl (C=O) groups excluding carboxylic acids is 5. The lowest BCUT2D eigenvalue weighted by molar-refractivity contribution is -0.757. The summed E-state index contributed by atoms with van der Waals surface area (Å²) in [6.45, 7) is -0.0368. The lowest BCUT2D eigenvalue weighted by Crippen LogP contribution is -2.52. The Labute approximate surface area is 257 Å². The van der Waals surface area contributed by atoms with Crippen molar-refractivity contribution in [3.05, 3.63) is 52.1 Å². The number of unbranched alkanes of at least 4 members (excludes halogenated alkanes) is 2. The third-order valence-corrected chi connectivity index (χ3v) is 6.33. The number of hydrogen-bond donors (Lipinski definition) is 3. The molecule has 1 amide bonds. The molecule has 0 aromatic heterocycles. The second kappa shape index (κ2) is 18.1. The maximum absolute atomic E-state index is 12.5. The first kappa shape index (κ1) is 36.4. The van der Waals surface area contributed by atoms with E-state index in [9.17, 15) is 44.3 Å². The van der Waals surface area contributed by atoms with Gasteiger partial charge in [0.05, 0.1) is 31.3 Å². The summed E-state index contributed by atoms with van der Waals surface area (Å²) >= 11 is 0. The van der Waals surface area contributed by atoms with E-state index in [0.717, 1.165) is 0 Å². The van der Waals surface area contributed by atoms with Crippen molar-refractivity contribution in [2.45, 2.75) is 51.0 Å². The van der Waals surface area contributed by atoms with E-state index in [4.69, 9.17) is 18.9 Å². The highest BCUT2D eigenvalue weighted by Gasteiger charge is 2.26. The maximum atomic E-state index is 12.5. The summed E-state index contributed by atoms with van der Waals surface area (Å²) in [7, 11) is 0. The minimum Gasteiger partial charge on any atom is -0.455 e. The number of aliphatic hydroxyl groups is 2. The van der Waals surface area contributed by atoms with Crippen molar-refractivity contribution in [3.8, 4) is 5.75 Å². The van der Waals surface area contributed by atoms with E-state index in [1.54, 1.807) is 37.3 Å². The van der Waals surface area contributed by atoms with Gasteiger partial charge >= 0.3 is 23.9 Å². The van der Waals surface area contributed by atoms with Crippen LogP contribution in [-0.2, 0) is 43.0 Å². The van der Waals surface area contributed by atoms with Gasteiger partial charge in [0.1, 0.15) is 5.75 Å². The van der Waals surface area contributed by atoms with Gasteiger partial charge in [-0.15, -0.1) is 10.1 Å². The van der Waals surface area contributed by atoms with Crippen LogP contribution in [0.3, 0.4) is 0 Å². The van der Waals surface area contributed by atoms with Crippen molar-refractivity contribution in [3.63, 3.8) is 0 Å². The van der Waals surface area contributed by atoms with Crippen molar-refractivity contribution >= 4 is 40.6 Å². The van der Waals surface area contributed by atoms with E-state index in [2.05, 4.69) is 10.2 Å². The summed E-state index contributed by atoms with van der Waals surface area (Å²) in [5, 5.41) is 31.5. The van der Waals surface area contributed by atoms with Crippen LogP contribution < -0.4 is 10.1 Å². The second-order valence-electron chi connectivity index (χ2n) is 10.2. The van der Waals surface area contributed by atoms with Crippen molar-refractivity contribution in [2.75, 3.05) is 39.6 Å². The minimum absolute atomic E-state index is 0.00319. The zero-order valence-electron chi connectivity index (χ0n) is 24.9. The lowest BCUT2D eigenvalue weighted by Gasteiger charge is -2.26. The molecule has 0 bridgehead atoms. The predicted molar refractivity (Wildman–Crippen MR) is 153 cm³/mol. The highest BCUT2D eigenvalue weighted by Crippen LogP contribution is 2.26. The van der Waals surface area contributed by atoms with E-state index in [1.165, 1.54) is 13.0 Å². The van der Waals surface area contributed by atoms with Gasteiger partial charge in [-0.1, -0.05) is 30.7 Å². The summed E-state index contributed by atoms with van der Waals surface area (Å²) in [5.74, 6) is -4.38. The molecular formula is C29H36N2O14. The number of hydrogen-bond acceptors (Lipinski definition) is 14. The van der Waals surface area contributed by atoms with Crippen molar-refractivity contribution in [2.24, 2.45) is 0 Å². The van der Waals surface area contributed by atoms with Crippen LogP contribution >= 0.6 is 0 Å². The minimum atomic E-state index is -1.24.